The standard InChI is InChI=1S/C15H19ClO2/c1-18-15-8-7-12(16)10-13(15)14(17)9-11-5-3-2-4-6-11/h7-8,10-11H,2-6,9H2,1H3. The highest BCUT2D eigenvalue weighted by Gasteiger charge is 2.20. The molecule has 1 fully saturated rings. The van der Waals surface area contributed by atoms with Gasteiger partial charge in [-0.1, -0.05) is 43.7 Å². The maximum Gasteiger partial charge on any atom is 0.166 e. The van der Waals surface area contributed by atoms with Crippen LogP contribution in [0.2, 0.25) is 5.02 Å². The average molecular weight is 267 g/mol. The van der Waals surface area contributed by atoms with Crippen molar-refractivity contribution >= 4 is 17.4 Å². The molecule has 1 aliphatic carbocycles. The Kier molecular flexibility index (Phi) is 4.65. The molecular formula is C15H19ClO2. The number of ketones is 1. The predicted molar refractivity (Wildman–Crippen MR) is 73.5 cm³/mol. The Morgan fingerprint density at radius 2 is 2.06 bits per heavy atom. The third-order valence-electron chi connectivity index (χ3n) is 3.66. The monoisotopic (exact) mass is 266 g/mol. The number of carbonyl (C=O) groups is 1. The van der Waals surface area contributed by atoms with Crippen molar-refractivity contribution in [2.24, 2.45) is 5.92 Å². The Balaban J connectivity index is 2.09. The molecule has 0 N–H and O–H groups in total. The Bertz CT molecular complexity index is 423. The van der Waals surface area contributed by atoms with E-state index in [1.807, 2.05) is 0 Å². The fourth-order valence-corrected chi connectivity index (χ4v) is 2.83. The molecule has 0 spiro atoms. The Labute approximate surface area is 113 Å². The number of methoxy groups -OCH3 is 1. The summed E-state index contributed by atoms with van der Waals surface area (Å²) in [6.45, 7) is 0. The molecule has 1 saturated carbocycles. The molecule has 18 heavy (non-hydrogen) atoms. The van der Waals surface area contributed by atoms with Gasteiger partial charge in [-0.25, -0.2) is 0 Å². The molecule has 0 heterocycles. The highest BCUT2D eigenvalue weighted by Crippen LogP contribution is 2.30. The fourth-order valence-electron chi connectivity index (χ4n) is 2.66. The minimum absolute atomic E-state index is 0.154. The van der Waals surface area contributed by atoms with Crippen LogP contribution in [0.25, 0.3) is 0 Å². The number of ether oxygens (including phenoxy) is 1. The highest BCUT2D eigenvalue weighted by atomic mass is 35.5. The van der Waals surface area contributed by atoms with E-state index in [0.717, 1.165) is 0 Å². The lowest BCUT2D eigenvalue weighted by Crippen LogP contribution is -2.13. The molecule has 0 bridgehead atoms. The number of rotatable bonds is 4. The van der Waals surface area contributed by atoms with E-state index in [1.54, 1.807) is 25.3 Å². The van der Waals surface area contributed by atoms with Crippen LogP contribution in [-0.4, -0.2) is 12.9 Å². The first-order valence-electron chi connectivity index (χ1n) is 6.57. The summed E-state index contributed by atoms with van der Waals surface area (Å²) >= 11 is 5.95. The topological polar surface area (TPSA) is 26.3 Å². The van der Waals surface area contributed by atoms with Gasteiger partial charge in [0, 0.05) is 11.4 Å². The summed E-state index contributed by atoms with van der Waals surface area (Å²) in [6.07, 6.45) is 6.79. The zero-order valence-corrected chi connectivity index (χ0v) is 11.5. The van der Waals surface area contributed by atoms with E-state index in [1.165, 1.54) is 32.1 Å². The van der Waals surface area contributed by atoms with Gasteiger partial charge in [0.2, 0.25) is 0 Å². The first kappa shape index (κ1) is 13.4. The quantitative estimate of drug-likeness (QED) is 0.750. The maximum atomic E-state index is 12.3. The lowest BCUT2D eigenvalue weighted by molar-refractivity contribution is 0.0947. The van der Waals surface area contributed by atoms with Crippen molar-refractivity contribution in [3.8, 4) is 5.75 Å². The van der Waals surface area contributed by atoms with Crippen molar-refractivity contribution in [1.82, 2.24) is 0 Å². The van der Waals surface area contributed by atoms with E-state index >= 15 is 0 Å². The van der Waals surface area contributed by atoms with Crippen LogP contribution in [0.15, 0.2) is 18.2 Å². The van der Waals surface area contributed by atoms with Crippen LogP contribution in [0.5, 0.6) is 5.75 Å². The van der Waals surface area contributed by atoms with Crippen LogP contribution in [0.3, 0.4) is 0 Å². The first-order valence-corrected chi connectivity index (χ1v) is 6.95. The van der Waals surface area contributed by atoms with Gasteiger partial charge in [0.15, 0.2) is 5.78 Å². The Morgan fingerprint density at radius 1 is 1.33 bits per heavy atom. The second-order valence-electron chi connectivity index (χ2n) is 4.98. The second kappa shape index (κ2) is 6.24. The van der Waals surface area contributed by atoms with Gasteiger partial charge >= 0.3 is 0 Å². The zero-order valence-electron chi connectivity index (χ0n) is 10.7. The predicted octanol–water partition coefficient (Wildman–Crippen LogP) is 4.50. The van der Waals surface area contributed by atoms with E-state index in [9.17, 15) is 4.79 Å². The SMILES string of the molecule is COc1ccc(Cl)cc1C(=O)CC1CCCCC1. The van der Waals surface area contributed by atoms with Crippen molar-refractivity contribution in [3.05, 3.63) is 28.8 Å². The molecule has 98 valence electrons. The van der Waals surface area contributed by atoms with Crippen LogP contribution >= 0.6 is 11.6 Å². The summed E-state index contributed by atoms with van der Waals surface area (Å²) in [5.74, 6) is 1.32. The van der Waals surface area contributed by atoms with Gasteiger partial charge in [0.05, 0.1) is 12.7 Å². The number of Topliss-reactive ketones (excluding diaryl/α,β-unsaturated/α-hetero) is 1. The van der Waals surface area contributed by atoms with Gasteiger partial charge < -0.3 is 4.74 Å². The molecule has 3 heteroatoms. The third-order valence-corrected chi connectivity index (χ3v) is 3.90. The van der Waals surface area contributed by atoms with Crippen molar-refractivity contribution < 1.29 is 9.53 Å². The molecule has 0 radical (unpaired) electrons. The Morgan fingerprint density at radius 3 is 2.72 bits per heavy atom. The number of carbonyl (C=O) groups excluding carboxylic acids is 1. The van der Waals surface area contributed by atoms with Gasteiger partial charge in [0.1, 0.15) is 5.75 Å². The van der Waals surface area contributed by atoms with Crippen LogP contribution in [-0.2, 0) is 0 Å². The summed E-state index contributed by atoms with van der Waals surface area (Å²) in [7, 11) is 1.58. The third kappa shape index (κ3) is 3.26. The summed E-state index contributed by atoms with van der Waals surface area (Å²) in [5, 5.41) is 0.586. The number of benzene rings is 1. The van der Waals surface area contributed by atoms with Crippen molar-refractivity contribution in [1.29, 1.82) is 0 Å². The number of hydrogen-bond donors (Lipinski definition) is 0. The number of hydrogen-bond acceptors (Lipinski definition) is 2. The summed E-state index contributed by atoms with van der Waals surface area (Å²) < 4.78 is 5.23. The largest absolute Gasteiger partial charge is 0.496 e. The van der Waals surface area contributed by atoms with E-state index < -0.39 is 0 Å². The van der Waals surface area contributed by atoms with Gasteiger partial charge in [-0.2, -0.15) is 0 Å². The fraction of sp³-hybridized carbons (Fsp3) is 0.533. The molecule has 2 nitrogen and oxygen atoms in total. The van der Waals surface area contributed by atoms with E-state index in [-0.39, 0.29) is 5.78 Å². The van der Waals surface area contributed by atoms with Crippen LogP contribution in [0, 0.1) is 5.92 Å². The first-order chi connectivity index (χ1) is 8.70. The van der Waals surface area contributed by atoms with E-state index in [0.29, 0.717) is 28.7 Å². The average Bonchev–Trinajstić information content (AvgIpc) is 2.40. The normalized spacial score (nSPS) is 16.6. The molecule has 0 aromatic heterocycles. The molecule has 1 aromatic carbocycles. The Hall–Kier alpha value is -1.02. The minimum atomic E-state index is 0.154. The van der Waals surface area contributed by atoms with Crippen LogP contribution < -0.4 is 4.74 Å². The summed E-state index contributed by atoms with van der Waals surface area (Å²) in [5.41, 5.74) is 0.621. The summed E-state index contributed by atoms with van der Waals surface area (Å²) in [4.78, 5) is 12.3. The molecule has 2 rings (SSSR count). The van der Waals surface area contributed by atoms with Crippen LogP contribution in [0.4, 0.5) is 0 Å². The van der Waals surface area contributed by atoms with Crippen molar-refractivity contribution in [3.63, 3.8) is 0 Å². The van der Waals surface area contributed by atoms with Crippen molar-refractivity contribution in [2.45, 2.75) is 38.5 Å². The molecule has 0 atom stereocenters. The van der Waals surface area contributed by atoms with Gasteiger partial charge in [0.25, 0.3) is 0 Å². The smallest absolute Gasteiger partial charge is 0.166 e. The summed E-state index contributed by atoms with van der Waals surface area (Å²) in [6, 6.07) is 5.22. The van der Waals surface area contributed by atoms with Crippen molar-refractivity contribution in [2.75, 3.05) is 7.11 Å². The lowest BCUT2D eigenvalue weighted by atomic mass is 9.84. The van der Waals surface area contributed by atoms with Gasteiger partial charge in [-0.05, 0) is 24.1 Å². The zero-order chi connectivity index (χ0) is 13.0. The molecule has 0 amide bonds. The lowest BCUT2D eigenvalue weighted by Gasteiger charge is -2.21. The second-order valence-corrected chi connectivity index (χ2v) is 5.41. The molecule has 0 saturated heterocycles. The molecule has 1 aromatic rings. The van der Waals surface area contributed by atoms with Gasteiger partial charge in [-0.3, -0.25) is 4.79 Å². The van der Waals surface area contributed by atoms with E-state index in [2.05, 4.69) is 0 Å². The molecule has 0 unspecified atom stereocenters. The minimum Gasteiger partial charge on any atom is -0.496 e. The highest BCUT2D eigenvalue weighted by molar-refractivity contribution is 6.31. The molecular weight excluding hydrogens is 248 g/mol. The maximum absolute atomic E-state index is 12.3. The molecule has 0 aliphatic heterocycles. The van der Waals surface area contributed by atoms with Crippen LogP contribution in [0.1, 0.15) is 48.9 Å². The number of halogens is 1. The van der Waals surface area contributed by atoms with E-state index in [4.69, 9.17) is 16.3 Å². The molecule has 1 aliphatic rings. The van der Waals surface area contributed by atoms with Gasteiger partial charge in [-0.15, -0.1) is 0 Å².